The molecule has 2 atom stereocenters. The van der Waals surface area contributed by atoms with E-state index in [1.54, 1.807) is 6.20 Å². The first-order valence-electron chi connectivity index (χ1n) is 4.80. The Labute approximate surface area is 79.4 Å². The van der Waals surface area contributed by atoms with Crippen LogP contribution in [0, 0.1) is 5.92 Å². The molecule has 0 saturated carbocycles. The third kappa shape index (κ3) is 2.56. The maximum Gasteiger partial charge on any atom is 0.137 e. The van der Waals surface area contributed by atoms with E-state index in [9.17, 15) is 5.11 Å². The van der Waals surface area contributed by atoms with Gasteiger partial charge in [0, 0.05) is 19.4 Å². The Morgan fingerprint density at radius 1 is 1.62 bits per heavy atom. The van der Waals surface area contributed by atoms with Gasteiger partial charge in [0.2, 0.25) is 0 Å². The Morgan fingerprint density at radius 2 is 2.31 bits per heavy atom. The summed E-state index contributed by atoms with van der Waals surface area (Å²) in [6.45, 7) is 4.28. The number of aliphatic hydroxyl groups is 1. The maximum absolute atomic E-state index is 9.81. The fraction of sp³-hybridized carbons (Fsp3) is 0.700. The molecule has 1 rings (SSSR count). The number of rotatable bonds is 4. The van der Waals surface area contributed by atoms with Gasteiger partial charge in [-0.2, -0.15) is 0 Å². The van der Waals surface area contributed by atoms with Crippen molar-refractivity contribution in [2.24, 2.45) is 13.0 Å². The number of imidazole rings is 1. The maximum atomic E-state index is 9.81. The molecule has 0 aliphatic rings. The third-order valence-electron chi connectivity index (χ3n) is 2.48. The van der Waals surface area contributed by atoms with Gasteiger partial charge in [-0.25, -0.2) is 4.98 Å². The molecular weight excluding hydrogens is 164 g/mol. The summed E-state index contributed by atoms with van der Waals surface area (Å²) in [5.74, 6) is 1.31. The SMILES string of the molecule is CCC(C)CC(O)c1nccn1C. The Hall–Kier alpha value is -0.830. The standard InChI is InChI=1S/C10H18N2O/c1-4-8(2)7-9(13)10-11-5-6-12(10)3/h5-6,8-9,13H,4,7H2,1-3H3. The van der Waals surface area contributed by atoms with Crippen molar-refractivity contribution < 1.29 is 5.11 Å². The number of aromatic nitrogens is 2. The monoisotopic (exact) mass is 182 g/mol. The second kappa shape index (κ2) is 4.42. The quantitative estimate of drug-likeness (QED) is 0.772. The number of hydrogen-bond donors (Lipinski definition) is 1. The Bertz CT molecular complexity index is 257. The average molecular weight is 182 g/mol. The van der Waals surface area contributed by atoms with Crippen LogP contribution in [0.15, 0.2) is 12.4 Å². The summed E-state index contributed by atoms with van der Waals surface area (Å²) >= 11 is 0. The number of aryl methyl sites for hydroxylation is 1. The summed E-state index contributed by atoms with van der Waals surface area (Å²) in [7, 11) is 1.90. The lowest BCUT2D eigenvalue weighted by Crippen LogP contribution is -2.09. The largest absolute Gasteiger partial charge is 0.385 e. The van der Waals surface area contributed by atoms with Crippen molar-refractivity contribution in [2.75, 3.05) is 0 Å². The van der Waals surface area contributed by atoms with Crippen LogP contribution in [-0.4, -0.2) is 14.7 Å². The zero-order chi connectivity index (χ0) is 9.84. The van der Waals surface area contributed by atoms with Crippen LogP contribution in [0.3, 0.4) is 0 Å². The van der Waals surface area contributed by atoms with Crippen molar-refractivity contribution in [2.45, 2.75) is 32.8 Å². The molecule has 1 heterocycles. The number of hydrogen-bond acceptors (Lipinski definition) is 2. The fourth-order valence-corrected chi connectivity index (χ4v) is 1.35. The van der Waals surface area contributed by atoms with Crippen molar-refractivity contribution in [1.29, 1.82) is 0 Å². The summed E-state index contributed by atoms with van der Waals surface area (Å²) in [4.78, 5) is 4.12. The molecular formula is C10H18N2O. The number of aliphatic hydroxyl groups excluding tert-OH is 1. The van der Waals surface area contributed by atoms with E-state index < -0.39 is 6.10 Å². The predicted octanol–water partition coefficient (Wildman–Crippen LogP) is 1.89. The first-order valence-corrected chi connectivity index (χ1v) is 4.80. The highest BCUT2D eigenvalue weighted by atomic mass is 16.3. The van der Waals surface area contributed by atoms with Gasteiger partial charge in [0.05, 0.1) is 0 Å². The van der Waals surface area contributed by atoms with Crippen molar-refractivity contribution in [3.05, 3.63) is 18.2 Å². The molecule has 0 aliphatic heterocycles. The van der Waals surface area contributed by atoms with Crippen LogP contribution in [0.25, 0.3) is 0 Å². The fourth-order valence-electron chi connectivity index (χ4n) is 1.35. The van der Waals surface area contributed by atoms with Crippen LogP contribution in [0.2, 0.25) is 0 Å². The molecule has 0 fully saturated rings. The normalized spacial score (nSPS) is 15.7. The van der Waals surface area contributed by atoms with Crippen LogP contribution < -0.4 is 0 Å². The molecule has 1 N–H and O–H groups in total. The molecule has 0 radical (unpaired) electrons. The van der Waals surface area contributed by atoms with Crippen LogP contribution in [0.1, 0.15) is 38.6 Å². The zero-order valence-corrected chi connectivity index (χ0v) is 8.57. The van der Waals surface area contributed by atoms with Gasteiger partial charge in [-0.3, -0.25) is 0 Å². The van der Waals surface area contributed by atoms with Gasteiger partial charge in [-0.1, -0.05) is 20.3 Å². The Morgan fingerprint density at radius 3 is 2.77 bits per heavy atom. The van der Waals surface area contributed by atoms with E-state index in [1.165, 1.54) is 0 Å². The summed E-state index contributed by atoms with van der Waals surface area (Å²) in [6, 6.07) is 0. The first-order chi connectivity index (χ1) is 6.15. The molecule has 1 aromatic rings. The highest BCUT2D eigenvalue weighted by molar-refractivity contribution is 4.95. The average Bonchev–Trinajstić information content (AvgIpc) is 2.51. The molecule has 0 saturated heterocycles. The Balaban J connectivity index is 2.58. The minimum absolute atomic E-state index is 0.421. The molecule has 3 nitrogen and oxygen atoms in total. The van der Waals surface area contributed by atoms with Crippen molar-refractivity contribution in [1.82, 2.24) is 9.55 Å². The molecule has 13 heavy (non-hydrogen) atoms. The highest BCUT2D eigenvalue weighted by Crippen LogP contribution is 2.20. The van der Waals surface area contributed by atoms with E-state index >= 15 is 0 Å². The summed E-state index contributed by atoms with van der Waals surface area (Å²) in [6.07, 6.45) is 5.04. The summed E-state index contributed by atoms with van der Waals surface area (Å²) in [5, 5.41) is 9.81. The van der Waals surface area contributed by atoms with Gasteiger partial charge in [0.15, 0.2) is 0 Å². The zero-order valence-electron chi connectivity index (χ0n) is 8.57. The molecule has 74 valence electrons. The van der Waals surface area contributed by atoms with E-state index in [4.69, 9.17) is 0 Å². The van der Waals surface area contributed by atoms with Crippen LogP contribution in [0.4, 0.5) is 0 Å². The molecule has 0 aliphatic carbocycles. The van der Waals surface area contributed by atoms with E-state index in [2.05, 4.69) is 18.8 Å². The van der Waals surface area contributed by atoms with Crippen LogP contribution >= 0.6 is 0 Å². The van der Waals surface area contributed by atoms with E-state index in [0.717, 1.165) is 18.7 Å². The van der Waals surface area contributed by atoms with Crippen molar-refractivity contribution in [3.8, 4) is 0 Å². The smallest absolute Gasteiger partial charge is 0.137 e. The predicted molar refractivity (Wildman–Crippen MR) is 52.2 cm³/mol. The summed E-state index contributed by atoms with van der Waals surface area (Å²) in [5.41, 5.74) is 0. The van der Waals surface area contributed by atoms with Crippen molar-refractivity contribution >= 4 is 0 Å². The molecule has 1 aromatic heterocycles. The number of nitrogens with zero attached hydrogens (tertiary/aromatic N) is 2. The molecule has 0 amide bonds. The van der Waals surface area contributed by atoms with E-state index in [0.29, 0.717) is 5.92 Å². The second-order valence-electron chi connectivity index (χ2n) is 3.66. The van der Waals surface area contributed by atoms with Crippen LogP contribution in [0.5, 0.6) is 0 Å². The van der Waals surface area contributed by atoms with Gasteiger partial charge in [0.25, 0.3) is 0 Å². The molecule has 0 spiro atoms. The van der Waals surface area contributed by atoms with Gasteiger partial charge >= 0.3 is 0 Å². The summed E-state index contributed by atoms with van der Waals surface area (Å²) < 4.78 is 1.87. The van der Waals surface area contributed by atoms with E-state index in [-0.39, 0.29) is 0 Å². The van der Waals surface area contributed by atoms with Gasteiger partial charge < -0.3 is 9.67 Å². The minimum Gasteiger partial charge on any atom is -0.385 e. The molecule has 0 aromatic carbocycles. The third-order valence-corrected chi connectivity index (χ3v) is 2.48. The minimum atomic E-state index is -0.421. The van der Waals surface area contributed by atoms with Gasteiger partial charge in [0.1, 0.15) is 11.9 Å². The van der Waals surface area contributed by atoms with Crippen LogP contribution in [-0.2, 0) is 7.05 Å². The molecule has 2 unspecified atom stereocenters. The van der Waals surface area contributed by atoms with Crippen molar-refractivity contribution in [3.63, 3.8) is 0 Å². The first kappa shape index (κ1) is 10.3. The second-order valence-corrected chi connectivity index (χ2v) is 3.66. The van der Waals surface area contributed by atoms with Gasteiger partial charge in [-0.15, -0.1) is 0 Å². The molecule has 3 heteroatoms. The topological polar surface area (TPSA) is 38.1 Å². The lowest BCUT2D eigenvalue weighted by molar-refractivity contribution is 0.134. The highest BCUT2D eigenvalue weighted by Gasteiger charge is 2.14. The molecule has 0 bridgehead atoms. The lowest BCUT2D eigenvalue weighted by atomic mass is 10.0. The van der Waals surface area contributed by atoms with Gasteiger partial charge in [-0.05, 0) is 12.3 Å². The van der Waals surface area contributed by atoms with E-state index in [1.807, 2.05) is 17.8 Å². The lowest BCUT2D eigenvalue weighted by Gasteiger charge is -2.14. The Kier molecular flexibility index (Phi) is 3.48.